The summed E-state index contributed by atoms with van der Waals surface area (Å²) < 4.78 is 0. The molecule has 0 bridgehead atoms. The number of nitrogens with one attached hydrogen (secondary N) is 2. The highest BCUT2D eigenvalue weighted by atomic mass is 15.1. The minimum atomic E-state index is -0.0440. The predicted octanol–water partition coefficient (Wildman–Crippen LogP) is 4.42. The third-order valence-electron chi connectivity index (χ3n) is 2.95. The van der Waals surface area contributed by atoms with Crippen molar-refractivity contribution >= 4 is 11.6 Å². The molecule has 0 aliphatic heterocycles. The Bertz CT molecular complexity index is 600. The maximum absolute atomic E-state index is 4.65. The molecule has 0 aliphatic carbocycles. The van der Waals surface area contributed by atoms with Gasteiger partial charge in [-0.05, 0) is 26.7 Å². The Balaban J connectivity index is 2.35. The first-order chi connectivity index (χ1) is 10.3. The summed E-state index contributed by atoms with van der Waals surface area (Å²) in [6.07, 6.45) is 0. The lowest BCUT2D eigenvalue weighted by Crippen LogP contribution is -2.27. The monoisotopic (exact) mass is 298 g/mol. The summed E-state index contributed by atoms with van der Waals surface area (Å²) in [5.74, 6) is 3.00. The van der Waals surface area contributed by atoms with Gasteiger partial charge in [0.2, 0.25) is 0 Å². The van der Waals surface area contributed by atoms with Gasteiger partial charge in [0, 0.05) is 23.7 Å². The molecule has 4 nitrogen and oxygen atoms in total. The molecule has 2 aromatic rings. The molecule has 0 saturated heterocycles. The van der Waals surface area contributed by atoms with Crippen molar-refractivity contribution in [3.8, 4) is 11.4 Å². The van der Waals surface area contributed by atoms with Gasteiger partial charge in [-0.3, -0.25) is 0 Å². The lowest BCUT2D eigenvalue weighted by atomic mass is 10.1. The van der Waals surface area contributed by atoms with E-state index in [0.717, 1.165) is 29.6 Å². The summed E-state index contributed by atoms with van der Waals surface area (Å²) in [4.78, 5) is 9.30. The van der Waals surface area contributed by atoms with Gasteiger partial charge >= 0.3 is 0 Å². The van der Waals surface area contributed by atoms with Crippen molar-refractivity contribution in [2.45, 2.75) is 40.2 Å². The lowest BCUT2D eigenvalue weighted by molar-refractivity contribution is 0.630. The van der Waals surface area contributed by atoms with Gasteiger partial charge in [0.1, 0.15) is 11.6 Å². The Labute approximate surface area is 133 Å². The van der Waals surface area contributed by atoms with Crippen molar-refractivity contribution in [2.75, 3.05) is 17.2 Å². The van der Waals surface area contributed by atoms with Gasteiger partial charge in [0.05, 0.1) is 0 Å². The fraction of sp³-hybridized carbons (Fsp3) is 0.444. The summed E-state index contributed by atoms with van der Waals surface area (Å²) in [6, 6.07) is 12.0. The minimum Gasteiger partial charge on any atom is -0.370 e. The van der Waals surface area contributed by atoms with Crippen molar-refractivity contribution in [1.82, 2.24) is 9.97 Å². The van der Waals surface area contributed by atoms with Crippen LogP contribution < -0.4 is 10.6 Å². The SMILES string of the molecule is CC(C)CNc1cc(NC(C)(C)C)nc(-c2ccccc2)n1. The van der Waals surface area contributed by atoms with Gasteiger partial charge in [-0.1, -0.05) is 44.2 Å². The van der Waals surface area contributed by atoms with E-state index in [9.17, 15) is 0 Å². The fourth-order valence-electron chi connectivity index (χ4n) is 2.01. The molecule has 2 N–H and O–H groups in total. The molecule has 0 unspecified atom stereocenters. The van der Waals surface area contributed by atoms with E-state index in [1.165, 1.54) is 0 Å². The summed E-state index contributed by atoms with van der Waals surface area (Å²) in [6.45, 7) is 11.6. The van der Waals surface area contributed by atoms with Crippen molar-refractivity contribution in [3.63, 3.8) is 0 Å². The van der Waals surface area contributed by atoms with Crippen molar-refractivity contribution in [3.05, 3.63) is 36.4 Å². The molecule has 1 aromatic carbocycles. The zero-order valence-electron chi connectivity index (χ0n) is 14.1. The van der Waals surface area contributed by atoms with Crippen LogP contribution in [0.25, 0.3) is 11.4 Å². The van der Waals surface area contributed by atoms with Crippen molar-refractivity contribution < 1.29 is 0 Å². The third kappa shape index (κ3) is 5.02. The molecule has 22 heavy (non-hydrogen) atoms. The second-order valence-electron chi connectivity index (χ2n) is 6.98. The van der Waals surface area contributed by atoms with E-state index >= 15 is 0 Å². The van der Waals surface area contributed by atoms with E-state index in [-0.39, 0.29) is 5.54 Å². The quantitative estimate of drug-likeness (QED) is 0.858. The standard InChI is InChI=1S/C18H26N4/c1-13(2)12-19-15-11-16(22-18(3,4)5)21-17(20-15)14-9-7-6-8-10-14/h6-11,13H,12H2,1-5H3,(H2,19,20,21,22). The zero-order chi connectivity index (χ0) is 16.2. The Hall–Kier alpha value is -2.10. The number of benzene rings is 1. The largest absolute Gasteiger partial charge is 0.370 e. The van der Waals surface area contributed by atoms with Gasteiger partial charge in [-0.2, -0.15) is 0 Å². The molecule has 118 valence electrons. The van der Waals surface area contributed by atoms with E-state index in [0.29, 0.717) is 5.92 Å². The number of rotatable bonds is 5. The highest BCUT2D eigenvalue weighted by Crippen LogP contribution is 2.22. The number of nitrogens with zero attached hydrogens (tertiary/aromatic N) is 2. The third-order valence-corrected chi connectivity index (χ3v) is 2.95. The normalized spacial score (nSPS) is 11.5. The highest BCUT2D eigenvalue weighted by Gasteiger charge is 2.13. The molecule has 2 rings (SSSR count). The van der Waals surface area contributed by atoms with Crippen LogP contribution >= 0.6 is 0 Å². The van der Waals surface area contributed by atoms with Crippen LogP contribution in [-0.4, -0.2) is 22.1 Å². The molecule has 1 heterocycles. The number of hydrogen-bond acceptors (Lipinski definition) is 4. The Morgan fingerprint density at radius 2 is 1.64 bits per heavy atom. The summed E-state index contributed by atoms with van der Waals surface area (Å²) >= 11 is 0. The van der Waals surface area contributed by atoms with Gasteiger partial charge in [0.15, 0.2) is 5.82 Å². The van der Waals surface area contributed by atoms with Gasteiger partial charge in [-0.25, -0.2) is 9.97 Å². The molecule has 4 heteroatoms. The molecule has 0 saturated carbocycles. The van der Waals surface area contributed by atoms with Crippen LogP contribution in [0.15, 0.2) is 36.4 Å². The number of aromatic nitrogens is 2. The average Bonchev–Trinajstić information content (AvgIpc) is 2.44. The number of anilines is 2. The first kappa shape index (κ1) is 16.3. The van der Waals surface area contributed by atoms with Crippen molar-refractivity contribution in [2.24, 2.45) is 5.92 Å². The molecule has 0 radical (unpaired) electrons. The topological polar surface area (TPSA) is 49.8 Å². The molecule has 0 aliphatic rings. The van der Waals surface area contributed by atoms with Gasteiger partial charge < -0.3 is 10.6 Å². The smallest absolute Gasteiger partial charge is 0.163 e. The van der Waals surface area contributed by atoms with Crippen LogP contribution in [0.1, 0.15) is 34.6 Å². The Morgan fingerprint density at radius 1 is 1.00 bits per heavy atom. The summed E-state index contributed by atoms with van der Waals surface area (Å²) in [5, 5.41) is 6.82. The van der Waals surface area contributed by atoms with E-state index in [1.54, 1.807) is 0 Å². The highest BCUT2D eigenvalue weighted by molar-refractivity contribution is 5.61. The molecule has 0 fully saturated rings. The van der Waals surface area contributed by atoms with Crippen LogP contribution in [0.5, 0.6) is 0 Å². The minimum absolute atomic E-state index is 0.0440. The van der Waals surface area contributed by atoms with Gasteiger partial charge in [0.25, 0.3) is 0 Å². The van der Waals surface area contributed by atoms with Crippen LogP contribution in [0.3, 0.4) is 0 Å². The summed E-state index contributed by atoms with van der Waals surface area (Å²) in [7, 11) is 0. The maximum atomic E-state index is 4.65. The van der Waals surface area contributed by atoms with Crippen LogP contribution in [-0.2, 0) is 0 Å². The van der Waals surface area contributed by atoms with E-state index in [1.807, 2.05) is 36.4 Å². The second-order valence-corrected chi connectivity index (χ2v) is 6.98. The van der Waals surface area contributed by atoms with E-state index < -0.39 is 0 Å². The Morgan fingerprint density at radius 3 is 2.23 bits per heavy atom. The fourth-order valence-corrected chi connectivity index (χ4v) is 2.01. The molecular formula is C18H26N4. The maximum Gasteiger partial charge on any atom is 0.163 e. The molecule has 0 atom stereocenters. The summed E-state index contributed by atoms with van der Waals surface area (Å²) in [5.41, 5.74) is 0.977. The van der Waals surface area contributed by atoms with Crippen molar-refractivity contribution in [1.29, 1.82) is 0 Å². The van der Waals surface area contributed by atoms with E-state index in [4.69, 9.17) is 0 Å². The van der Waals surface area contributed by atoms with E-state index in [2.05, 4.69) is 55.2 Å². The first-order valence-corrected chi connectivity index (χ1v) is 7.80. The van der Waals surface area contributed by atoms with Crippen LogP contribution in [0.2, 0.25) is 0 Å². The number of hydrogen-bond donors (Lipinski definition) is 2. The average molecular weight is 298 g/mol. The molecule has 1 aromatic heterocycles. The molecular weight excluding hydrogens is 272 g/mol. The zero-order valence-corrected chi connectivity index (χ0v) is 14.1. The second kappa shape index (κ2) is 6.77. The molecule has 0 amide bonds. The lowest BCUT2D eigenvalue weighted by Gasteiger charge is -2.22. The first-order valence-electron chi connectivity index (χ1n) is 7.80. The Kier molecular flexibility index (Phi) is 5.01. The predicted molar refractivity (Wildman–Crippen MR) is 94.2 cm³/mol. The van der Waals surface area contributed by atoms with Crippen LogP contribution in [0.4, 0.5) is 11.6 Å². The molecule has 0 spiro atoms. The van der Waals surface area contributed by atoms with Gasteiger partial charge in [-0.15, -0.1) is 0 Å². The van der Waals surface area contributed by atoms with Crippen LogP contribution in [0, 0.1) is 5.92 Å².